The van der Waals surface area contributed by atoms with Crippen molar-refractivity contribution in [2.24, 2.45) is 0 Å². The minimum absolute atomic E-state index is 0.374. The zero-order chi connectivity index (χ0) is 14.5. The topological polar surface area (TPSA) is 30.5 Å². The van der Waals surface area contributed by atoms with E-state index in [0.717, 1.165) is 24.5 Å². The lowest BCUT2D eigenvalue weighted by Crippen LogP contribution is -2.35. The first-order chi connectivity index (χ1) is 10.4. The van der Waals surface area contributed by atoms with Crippen molar-refractivity contribution in [1.82, 2.24) is 5.32 Å². The second-order valence-electron chi connectivity index (χ2n) is 6.32. The maximum atomic E-state index is 6.32. The molecule has 1 N–H and O–H groups in total. The van der Waals surface area contributed by atoms with Gasteiger partial charge in [0, 0.05) is 6.04 Å². The fourth-order valence-corrected chi connectivity index (χ4v) is 3.55. The molecule has 1 heterocycles. The van der Waals surface area contributed by atoms with Crippen molar-refractivity contribution in [3.8, 4) is 11.5 Å². The Balaban J connectivity index is 1.76. The Hall–Kier alpha value is -1.22. The summed E-state index contributed by atoms with van der Waals surface area (Å²) >= 11 is 0. The zero-order valence-electron chi connectivity index (χ0n) is 13.1. The number of nitrogens with one attached hydrogen (secondary N) is 1. The summed E-state index contributed by atoms with van der Waals surface area (Å²) in [6.45, 7) is 1.15. The van der Waals surface area contributed by atoms with Gasteiger partial charge < -0.3 is 14.8 Å². The molecule has 0 aromatic heterocycles. The maximum Gasteiger partial charge on any atom is 0.164 e. The van der Waals surface area contributed by atoms with Crippen molar-refractivity contribution in [3.63, 3.8) is 0 Å². The van der Waals surface area contributed by atoms with Crippen LogP contribution in [0.15, 0.2) is 18.2 Å². The molecule has 0 radical (unpaired) electrons. The van der Waals surface area contributed by atoms with Crippen molar-refractivity contribution in [2.75, 3.05) is 13.7 Å². The molecular formula is C18H27NO2. The van der Waals surface area contributed by atoms with Gasteiger partial charge in [-0.25, -0.2) is 0 Å². The monoisotopic (exact) mass is 289 g/mol. The normalized spacial score (nSPS) is 23.2. The lowest BCUT2D eigenvalue weighted by atomic mass is 9.97. The highest BCUT2D eigenvalue weighted by Gasteiger charge is 2.22. The van der Waals surface area contributed by atoms with E-state index >= 15 is 0 Å². The smallest absolute Gasteiger partial charge is 0.164 e. The molecule has 1 saturated carbocycles. The third kappa shape index (κ3) is 3.70. The quantitative estimate of drug-likeness (QED) is 0.896. The van der Waals surface area contributed by atoms with Crippen LogP contribution in [0.5, 0.6) is 11.5 Å². The highest BCUT2D eigenvalue weighted by atomic mass is 16.5. The van der Waals surface area contributed by atoms with Crippen LogP contribution in [0.1, 0.15) is 50.5 Å². The van der Waals surface area contributed by atoms with Crippen LogP contribution in [0.2, 0.25) is 0 Å². The molecule has 1 aliphatic heterocycles. The van der Waals surface area contributed by atoms with Gasteiger partial charge in [0.2, 0.25) is 0 Å². The molecule has 0 amide bonds. The highest BCUT2D eigenvalue weighted by molar-refractivity contribution is 5.47. The predicted molar refractivity (Wildman–Crippen MR) is 85.2 cm³/mol. The summed E-state index contributed by atoms with van der Waals surface area (Å²) in [6, 6.07) is 6.88. The molecule has 2 fully saturated rings. The van der Waals surface area contributed by atoms with Gasteiger partial charge in [-0.05, 0) is 63.1 Å². The number of hydrogen-bond donors (Lipinski definition) is 1. The van der Waals surface area contributed by atoms with Gasteiger partial charge in [-0.1, -0.05) is 18.6 Å². The number of benzene rings is 1. The van der Waals surface area contributed by atoms with Gasteiger partial charge in [-0.3, -0.25) is 0 Å². The van der Waals surface area contributed by atoms with Crippen LogP contribution in [0.3, 0.4) is 0 Å². The summed E-state index contributed by atoms with van der Waals surface area (Å²) in [6.07, 6.45) is 10.3. The molecule has 1 saturated heterocycles. The second kappa shape index (κ2) is 7.17. The van der Waals surface area contributed by atoms with Crippen LogP contribution in [0.25, 0.3) is 0 Å². The fourth-order valence-electron chi connectivity index (χ4n) is 3.55. The molecule has 3 heteroatoms. The molecule has 1 atom stereocenters. The van der Waals surface area contributed by atoms with Gasteiger partial charge in [0.25, 0.3) is 0 Å². The maximum absolute atomic E-state index is 6.32. The number of piperidine rings is 1. The summed E-state index contributed by atoms with van der Waals surface area (Å²) in [5.41, 5.74) is 1.29. The third-order valence-electron chi connectivity index (χ3n) is 4.75. The van der Waals surface area contributed by atoms with E-state index in [1.165, 1.54) is 50.5 Å². The Morgan fingerprint density at radius 3 is 2.62 bits per heavy atom. The Bertz CT molecular complexity index is 449. The van der Waals surface area contributed by atoms with Gasteiger partial charge in [0.1, 0.15) is 0 Å². The number of ether oxygens (including phenoxy) is 2. The molecule has 1 aliphatic carbocycles. The summed E-state index contributed by atoms with van der Waals surface area (Å²) in [4.78, 5) is 0. The van der Waals surface area contributed by atoms with Crippen LogP contribution >= 0.6 is 0 Å². The molecule has 3 rings (SSSR count). The first-order valence-electron chi connectivity index (χ1n) is 8.42. The van der Waals surface area contributed by atoms with Crippen LogP contribution in [-0.2, 0) is 6.42 Å². The molecule has 21 heavy (non-hydrogen) atoms. The number of methoxy groups -OCH3 is 1. The third-order valence-corrected chi connectivity index (χ3v) is 4.75. The second-order valence-corrected chi connectivity index (χ2v) is 6.32. The standard InChI is InChI=1S/C18H27NO2/c1-20-17-11-6-7-14(13-15-8-4-5-12-19-15)18(17)21-16-9-2-3-10-16/h6-7,11,15-16,19H,2-5,8-10,12-13H2,1H3. The van der Waals surface area contributed by atoms with E-state index in [1.54, 1.807) is 7.11 Å². The predicted octanol–water partition coefficient (Wildman–Crippen LogP) is 3.70. The molecule has 0 spiro atoms. The zero-order valence-corrected chi connectivity index (χ0v) is 13.1. The van der Waals surface area contributed by atoms with Crippen molar-refractivity contribution in [2.45, 2.75) is 63.5 Å². The Kier molecular flexibility index (Phi) is 5.02. The number of rotatable bonds is 5. The van der Waals surface area contributed by atoms with Crippen LogP contribution in [0, 0.1) is 0 Å². The molecular weight excluding hydrogens is 262 g/mol. The summed E-state index contributed by atoms with van der Waals surface area (Å²) < 4.78 is 11.9. The summed E-state index contributed by atoms with van der Waals surface area (Å²) in [7, 11) is 1.74. The van der Waals surface area contributed by atoms with E-state index in [0.29, 0.717) is 12.1 Å². The molecule has 2 aliphatic rings. The van der Waals surface area contributed by atoms with Gasteiger partial charge >= 0.3 is 0 Å². The largest absolute Gasteiger partial charge is 0.493 e. The minimum Gasteiger partial charge on any atom is -0.493 e. The Morgan fingerprint density at radius 1 is 1.10 bits per heavy atom. The van der Waals surface area contributed by atoms with Crippen LogP contribution < -0.4 is 14.8 Å². The first-order valence-corrected chi connectivity index (χ1v) is 8.42. The fraction of sp³-hybridized carbons (Fsp3) is 0.667. The number of para-hydroxylation sites is 1. The summed E-state index contributed by atoms with van der Waals surface area (Å²) in [5.74, 6) is 1.87. The minimum atomic E-state index is 0.374. The average Bonchev–Trinajstić information content (AvgIpc) is 3.03. The van der Waals surface area contributed by atoms with Crippen molar-refractivity contribution in [3.05, 3.63) is 23.8 Å². The van der Waals surface area contributed by atoms with E-state index in [2.05, 4.69) is 17.4 Å². The van der Waals surface area contributed by atoms with Crippen molar-refractivity contribution in [1.29, 1.82) is 0 Å². The van der Waals surface area contributed by atoms with Crippen molar-refractivity contribution < 1.29 is 9.47 Å². The lowest BCUT2D eigenvalue weighted by Gasteiger charge is -2.25. The molecule has 1 aromatic rings. The van der Waals surface area contributed by atoms with E-state index in [9.17, 15) is 0 Å². The molecule has 1 unspecified atom stereocenters. The highest BCUT2D eigenvalue weighted by Crippen LogP contribution is 2.35. The lowest BCUT2D eigenvalue weighted by molar-refractivity contribution is 0.198. The van der Waals surface area contributed by atoms with Gasteiger partial charge in [-0.2, -0.15) is 0 Å². The Labute approximate surface area is 128 Å². The SMILES string of the molecule is COc1cccc(CC2CCCCN2)c1OC1CCCC1. The summed E-state index contributed by atoms with van der Waals surface area (Å²) in [5, 5.41) is 3.63. The van der Waals surface area contributed by atoms with Gasteiger partial charge in [-0.15, -0.1) is 0 Å². The molecule has 3 nitrogen and oxygen atoms in total. The number of hydrogen-bond acceptors (Lipinski definition) is 3. The molecule has 0 bridgehead atoms. The van der Waals surface area contributed by atoms with Gasteiger partial charge in [0.15, 0.2) is 11.5 Å². The van der Waals surface area contributed by atoms with E-state index < -0.39 is 0 Å². The van der Waals surface area contributed by atoms with Gasteiger partial charge in [0.05, 0.1) is 13.2 Å². The Morgan fingerprint density at radius 2 is 1.90 bits per heavy atom. The van der Waals surface area contributed by atoms with Crippen LogP contribution in [0.4, 0.5) is 0 Å². The molecule has 116 valence electrons. The van der Waals surface area contributed by atoms with E-state index in [-0.39, 0.29) is 0 Å². The van der Waals surface area contributed by atoms with E-state index in [4.69, 9.17) is 9.47 Å². The molecule has 1 aromatic carbocycles. The first kappa shape index (κ1) is 14.7. The van der Waals surface area contributed by atoms with Crippen LogP contribution in [-0.4, -0.2) is 25.8 Å². The average molecular weight is 289 g/mol. The van der Waals surface area contributed by atoms with Crippen molar-refractivity contribution >= 4 is 0 Å². The van der Waals surface area contributed by atoms with E-state index in [1.807, 2.05) is 6.07 Å².